The number of hydrogen-bond donors (Lipinski definition) is 0. The van der Waals surface area contributed by atoms with E-state index < -0.39 is 5.41 Å². The summed E-state index contributed by atoms with van der Waals surface area (Å²) in [6, 6.07) is 135. The van der Waals surface area contributed by atoms with Crippen molar-refractivity contribution in [3.63, 3.8) is 0 Å². The van der Waals surface area contributed by atoms with Crippen LogP contribution in [0.1, 0.15) is 36.1 Å². The molecule has 2 aliphatic rings. The molecule has 0 radical (unpaired) electrons. The van der Waals surface area contributed by atoms with Crippen molar-refractivity contribution in [1.29, 1.82) is 0 Å². The van der Waals surface area contributed by atoms with Crippen LogP contribution in [-0.4, -0.2) is 0 Å². The first-order valence-corrected chi connectivity index (χ1v) is 33.1. The number of para-hydroxylation sites is 4. The summed E-state index contributed by atoms with van der Waals surface area (Å²) in [6.07, 6.45) is 0. The highest BCUT2D eigenvalue weighted by Crippen LogP contribution is 2.66. The lowest BCUT2D eigenvalue weighted by Crippen LogP contribution is -2.27. The third-order valence-electron chi connectivity index (χ3n) is 19.3. The smallest absolute Gasteiger partial charge is 0.0728 e. The Morgan fingerprint density at radius 1 is 0.179 bits per heavy atom. The topological polar surface area (TPSA) is 13.0 Å². The summed E-state index contributed by atoms with van der Waals surface area (Å²) in [6.45, 7) is 4.00. The highest BCUT2D eigenvalue weighted by atomic mass is 15.2. The van der Waals surface area contributed by atoms with Gasteiger partial charge >= 0.3 is 0 Å². The van der Waals surface area contributed by atoms with E-state index >= 15 is 0 Å². The van der Waals surface area contributed by atoms with Crippen molar-refractivity contribution in [2.24, 2.45) is 0 Å². The molecule has 16 aromatic carbocycles. The molecule has 2 aliphatic carbocycles. The molecular formula is C91H66N4. The van der Waals surface area contributed by atoms with Crippen LogP contribution in [0.15, 0.2) is 364 Å². The Bertz CT molecular complexity index is 4840. The van der Waals surface area contributed by atoms with Gasteiger partial charge in [0.1, 0.15) is 0 Å². The van der Waals surface area contributed by atoms with Gasteiger partial charge in [0.25, 0.3) is 0 Å². The molecule has 18 rings (SSSR count). The zero-order chi connectivity index (χ0) is 63.4. The minimum absolute atomic E-state index is 0.919. The lowest BCUT2D eigenvalue weighted by atomic mass is 9.70. The van der Waals surface area contributed by atoms with Gasteiger partial charge in [0, 0.05) is 67.0 Å². The first-order valence-electron chi connectivity index (χ1n) is 33.1. The van der Waals surface area contributed by atoms with Gasteiger partial charge in [-0.15, -0.1) is 0 Å². The van der Waals surface area contributed by atoms with Gasteiger partial charge in [0.05, 0.1) is 28.2 Å². The minimum atomic E-state index is -0.919. The molecule has 16 aromatic rings. The van der Waals surface area contributed by atoms with Crippen LogP contribution in [0.4, 0.5) is 68.2 Å². The molecule has 0 aliphatic heterocycles. The largest absolute Gasteiger partial charge is 0.310 e. The molecule has 0 saturated heterocycles. The maximum atomic E-state index is 2.54. The lowest BCUT2D eigenvalue weighted by molar-refractivity contribution is 0.793. The van der Waals surface area contributed by atoms with Gasteiger partial charge in [-0.3, -0.25) is 0 Å². The quantitative estimate of drug-likeness (QED) is 0.121. The van der Waals surface area contributed by atoms with Gasteiger partial charge in [-0.25, -0.2) is 0 Å². The summed E-state index contributed by atoms with van der Waals surface area (Å²) >= 11 is 0. The van der Waals surface area contributed by atoms with E-state index in [4.69, 9.17) is 0 Å². The molecule has 0 saturated carbocycles. The highest BCUT2D eigenvalue weighted by Gasteiger charge is 2.53. The molecule has 4 heteroatoms. The normalized spacial score (nSPS) is 12.2. The number of anilines is 12. The molecule has 4 nitrogen and oxygen atoms in total. The summed E-state index contributed by atoms with van der Waals surface area (Å²) in [5.74, 6) is 0. The molecule has 0 bridgehead atoms. The molecule has 0 N–H and O–H groups in total. The molecule has 0 fully saturated rings. The van der Waals surface area contributed by atoms with Crippen LogP contribution in [0, 0.1) is 0 Å². The fraction of sp³-hybridized carbons (Fsp3) is 0.0330. The maximum Gasteiger partial charge on any atom is 0.0728 e. The Kier molecular flexibility index (Phi) is 14.2. The summed E-state index contributed by atoms with van der Waals surface area (Å²) < 4.78 is 0. The van der Waals surface area contributed by atoms with E-state index in [2.05, 4.69) is 384 Å². The molecule has 1 spiro atoms. The predicted octanol–water partition coefficient (Wildman–Crippen LogP) is 25.5. The fourth-order valence-corrected chi connectivity index (χ4v) is 15.4. The standard InChI is InChI=1S/C89H60N4.C2H6/c1-5-33-65(34-6-1)90(85-45-21-29-61-25-13-17-41-73(61)85)69-49-53-77-78-54-50-70(91(66-35-7-2-8-36-66)86-46-22-30-62-26-14-18-42-74(62)86)58-82(78)89(81(77)57-69)83-59-71(92(67-37-9-3-10-38-67)87-47-23-31-63-27-15-19-43-75(63)87)51-55-79(83)80-56-52-72(60-84(80)89)93(68-39-11-4-12-40-68)88-48-24-32-64-28-16-20-44-76(64)88;1-2/h1-60H;1-2H3. The predicted molar refractivity (Wildman–Crippen MR) is 403 cm³/mol. The maximum absolute atomic E-state index is 2.54. The molecule has 450 valence electrons. The van der Waals surface area contributed by atoms with Crippen LogP contribution < -0.4 is 19.6 Å². The average Bonchev–Trinajstić information content (AvgIpc) is 1.50. The molecule has 0 heterocycles. The van der Waals surface area contributed by atoms with Gasteiger partial charge in [-0.05, 0) is 187 Å². The molecule has 95 heavy (non-hydrogen) atoms. The Morgan fingerprint density at radius 2 is 0.379 bits per heavy atom. The van der Waals surface area contributed by atoms with Crippen molar-refractivity contribution >= 4 is 111 Å². The Hall–Kier alpha value is -12.2. The number of nitrogens with zero attached hydrogens (tertiary/aromatic N) is 4. The molecule has 0 atom stereocenters. The van der Waals surface area contributed by atoms with Crippen LogP contribution in [-0.2, 0) is 5.41 Å². The van der Waals surface area contributed by atoms with E-state index in [1.165, 1.54) is 87.6 Å². The Balaban J connectivity index is 0.00000339. The summed E-state index contributed by atoms with van der Waals surface area (Å²) in [4.78, 5) is 9.89. The lowest BCUT2D eigenvalue weighted by Gasteiger charge is -2.35. The zero-order valence-electron chi connectivity index (χ0n) is 52.9. The average molecular weight is 1220 g/mol. The number of benzene rings is 16. The van der Waals surface area contributed by atoms with E-state index in [0.29, 0.717) is 0 Å². The van der Waals surface area contributed by atoms with Crippen molar-refractivity contribution in [2.45, 2.75) is 19.3 Å². The van der Waals surface area contributed by atoms with Crippen LogP contribution in [0.5, 0.6) is 0 Å². The monoisotopic (exact) mass is 1210 g/mol. The van der Waals surface area contributed by atoms with Gasteiger partial charge in [-0.2, -0.15) is 0 Å². The summed E-state index contributed by atoms with van der Waals surface area (Å²) in [5.41, 5.74) is 21.7. The van der Waals surface area contributed by atoms with E-state index in [-0.39, 0.29) is 0 Å². The van der Waals surface area contributed by atoms with Gasteiger partial charge < -0.3 is 19.6 Å². The highest BCUT2D eigenvalue weighted by molar-refractivity contribution is 6.06. The minimum Gasteiger partial charge on any atom is -0.310 e. The van der Waals surface area contributed by atoms with Crippen LogP contribution in [0.2, 0.25) is 0 Å². The fourth-order valence-electron chi connectivity index (χ4n) is 15.4. The molecule has 0 amide bonds. The van der Waals surface area contributed by atoms with E-state index in [1.54, 1.807) is 0 Å². The molecule has 0 unspecified atom stereocenters. The van der Waals surface area contributed by atoms with Crippen molar-refractivity contribution in [3.05, 3.63) is 386 Å². The van der Waals surface area contributed by atoms with Crippen molar-refractivity contribution < 1.29 is 0 Å². The van der Waals surface area contributed by atoms with Crippen molar-refractivity contribution in [3.8, 4) is 22.3 Å². The summed E-state index contributed by atoms with van der Waals surface area (Å²) in [5, 5.41) is 9.45. The number of rotatable bonds is 12. The van der Waals surface area contributed by atoms with Crippen LogP contribution in [0.25, 0.3) is 65.3 Å². The van der Waals surface area contributed by atoms with Gasteiger partial charge in [0.2, 0.25) is 0 Å². The number of hydrogen-bond acceptors (Lipinski definition) is 4. The summed E-state index contributed by atoms with van der Waals surface area (Å²) in [7, 11) is 0. The molecule has 0 aromatic heterocycles. The third-order valence-corrected chi connectivity index (χ3v) is 19.3. The van der Waals surface area contributed by atoms with E-state index in [1.807, 2.05) is 13.8 Å². The second kappa shape index (κ2) is 23.8. The molecular weight excluding hydrogens is 1150 g/mol. The second-order valence-electron chi connectivity index (χ2n) is 24.3. The van der Waals surface area contributed by atoms with Crippen molar-refractivity contribution in [2.75, 3.05) is 19.6 Å². The first-order chi connectivity index (χ1) is 47.2. The second-order valence-corrected chi connectivity index (χ2v) is 24.3. The number of fused-ring (bicyclic) bond motifs is 14. The Labute approximate surface area is 555 Å². The third kappa shape index (κ3) is 9.36. The van der Waals surface area contributed by atoms with E-state index in [9.17, 15) is 0 Å². The van der Waals surface area contributed by atoms with Gasteiger partial charge in [-0.1, -0.05) is 257 Å². The first kappa shape index (κ1) is 56.7. The van der Waals surface area contributed by atoms with E-state index in [0.717, 1.165) is 68.2 Å². The zero-order valence-corrected chi connectivity index (χ0v) is 52.9. The Morgan fingerprint density at radius 3 is 0.611 bits per heavy atom. The SMILES string of the molecule is CC.c1ccc(N(c2ccc3c(c2)C2(c4cc(N(c5ccccc5)c5cccc6ccccc56)ccc4-3)c3cc(N(c4ccccc4)c4cccc5ccccc45)ccc3-c3ccc(N(c4ccccc4)c4cccc5ccccc45)cc32)c2cccc3ccccc23)cc1. The van der Waals surface area contributed by atoms with Crippen LogP contribution in [0.3, 0.4) is 0 Å². The van der Waals surface area contributed by atoms with Crippen LogP contribution >= 0.6 is 0 Å². The van der Waals surface area contributed by atoms with Crippen molar-refractivity contribution in [1.82, 2.24) is 0 Å². The van der Waals surface area contributed by atoms with Gasteiger partial charge in [0.15, 0.2) is 0 Å².